The highest BCUT2D eigenvalue weighted by molar-refractivity contribution is 5.99. The van der Waals surface area contributed by atoms with E-state index in [0.717, 1.165) is 76.8 Å². The Balaban J connectivity index is 1.36. The Kier molecular flexibility index (Phi) is 5.88. The number of rotatable bonds is 6. The van der Waals surface area contributed by atoms with E-state index in [9.17, 15) is 0 Å². The zero-order valence-electron chi connectivity index (χ0n) is 21.5. The minimum Gasteiger partial charge on any atom is -0.368 e. The largest absolute Gasteiger partial charge is 0.368 e. The van der Waals surface area contributed by atoms with Crippen molar-refractivity contribution >= 4 is 33.3 Å². The Morgan fingerprint density at radius 3 is 2.68 bits per heavy atom. The van der Waals surface area contributed by atoms with Gasteiger partial charge in [-0.15, -0.1) is 0 Å². The van der Waals surface area contributed by atoms with Crippen molar-refractivity contribution in [3.8, 4) is 22.6 Å². The molecule has 0 radical (unpaired) electrons. The van der Waals surface area contributed by atoms with Crippen LogP contribution in [0.1, 0.15) is 13.8 Å². The van der Waals surface area contributed by atoms with Crippen LogP contribution in [0.5, 0.6) is 0 Å². The zero-order chi connectivity index (χ0) is 25.5. The highest BCUT2D eigenvalue weighted by Crippen LogP contribution is 2.34. The summed E-state index contributed by atoms with van der Waals surface area (Å²) in [7, 11) is 2.18. The number of hydrogen-bond donors (Lipinski definition) is 3. The lowest BCUT2D eigenvalue weighted by Gasteiger charge is -2.34. The normalized spacial score (nSPS) is 14.6. The second kappa shape index (κ2) is 9.37. The lowest BCUT2D eigenvalue weighted by molar-refractivity contribution is 0.313. The van der Waals surface area contributed by atoms with Crippen LogP contribution in [0, 0.1) is 5.92 Å². The Morgan fingerprint density at radius 2 is 1.86 bits per heavy atom. The Hall–Kier alpha value is -4.17. The molecule has 0 bridgehead atoms. The molecule has 0 aliphatic carbocycles. The summed E-state index contributed by atoms with van der Waals surface area (Å²) >= 11 is 0. The van der Waals surface area contributed by atoms with Crippen LogP contribution in [-0.2, 0) is 0 Å². The lowest BCUT2D eigenvalue weighted by atomic mass is 10.1. The average Bonchev–Trinajstić information content (AvgIpc) is 3.53. The Morgan fingerprint density at radius 1 is 1.03 bits per heavy atom. The SMILES string of the molecule is C=C(Nc1cncc(-c2ccc3[nH]nc(-c4cc5c(N6CCN(C)CC6)cccc5[nH]4)c3n2)c1)C(C)C. The molecule has 6 rings (SSSR count). The fourth-order valence-corrected chi connectivity index (χ4v) is 4.82. The van der Waals surface area contributed by atoms with Crippen molar-refractivity contribution in [1.29, 1.82) is 0 Å². The van der Waals surface area contributed by atoms with E-state index in [1.807, 2.05) is 18.3 Å². The molecule has 1 aliphatic rings. The monoisotopic (exact) mass is 492 g/mol. The van der Waals surface area contributed by atoms with Crippen LogP contribution in [-0.4, -0.2) is 63.3 Å². The van der Waals surface area contributed by atoms with Crippen molar-refractivity contribution in [2.75, 3.05) is 43.4 Å². The molecule has 0 unspecified atom stereocenters. The van der Waals surface area contributed by atoms with E-state index in [-0.39, 0.29) is 0 Å². The van der Waals surface area contributed by atoms with Gasteiger partial charge < -0.3 is 20.1 Å². The number of nitrogens with zero attached hydrogens (tertiary/aromatic N) is 5. The standard InChI is InChI=1S/C29H32N8/c1-18(2)19(3)31-21-14-20(16-30-17-21)23-8-9-25-28(33-23)29(35-34-25)26-15-22-24(32-26)6-5-7-27(22)37-12-10-36(4)11-13-37/h5-9,14-18,31-32H,3,10-13H2,1-2,4H3,(H,34,35). The molecule has 8 nitrogen and oxygen atoms in total. The number of pyridine rings is 2. The summed E-state index contributed by atoms with van der Waals surface area (Å²) in [6.45, 7) is 12.5. The Bertz CT molecular complexity index is 1590. The van der Waals surface area contributed by atoms with Crippen molar-refractivity contribution in [3.05, 3.63) is 67.1 Å². The number of aromatic amines is 2. The van der Waals surface area contributed by atoms with Gasteiger partial charge in [-0.1, -0.05) is 26.5 Å². The third-order valence-electron chi connectivity index (χ3n) is 7.18. The van der Waals surface area contributed by atoms with Gasteiger partial charge >= 0.3 is 0 Å². The molecule has 188 valence electrons. The van der Waals surface area contributed by atoms with E-state index in [1.54, 1.807) is 6.20 Å². The van der Waals surface area contributed by atoms with E-state index in [2.05, 4.69) is 93.1 Å². The van der Waals surface area contributed by atoms with E-state index in [0.29, 0.717) is 5.92 Å². The van der Waals surface area contributed by atoms with Crippen molar-refractivity contribution in [2.24, 2.45) is 5.92 Å². The van der Waals surface area contributed by atoms with Gasteiger partial charge in [-0.2, -0.15) is 5.10 Å². The second-order valence-electron chi connectivity index (χ2n) is 10.1. The maximum atomic E-state index is 5.01. The van der Waals surface area contributed by atoms with Gasteiger partial charge in [0, 0.05) is 60.2 Å². The molecular weight excluding hydrogens is 460 g/mol. The Labute approximate surface area is 216 Å². The minimum absolute atomic E-state index is 0.333. The van der Waals surface area contributed by atoms with E-state index in [4.69, 9.17) is 4.98 Å². The summed E-state index contributed by atoms with van der Waals surface area (Å²) < 4.78 is 0. The van der Waals surface area contributed by atoms with Crippen LogP contribution in [0.2, 0.25) is 0 Å². The van der Waals surface area contributed by atoms with Crippen molar-refractivity contribution < 1.29 is 0 Å². The van der Waals surface area contributed by atoms with Crippen LogP contribution < -0.4 is 10.2 Å². The highest BCUT2D eigenvalue weighted by Gasteiger charge is 2.19. The average molecular weight is 493 g/mol. The predicted molar refractivity (Wildman–Crippen MR) is 152 cm³/mol. The summed E-state index contributed by atoms with van der Waals surface area (Å²) in [4.78, 5) is 17.9. The molecule has 1 aromatic carbocycles. The smallest absolute Gasteiger partial charge is 0.135 e. The second-order valence-corrected chi connectivity index (χ2v) is 10.1. The number of aromatic nitrogens is 5. The molecule has 0 spiro atoms. The molecular formula is C29H32N8. The van der Waals surface area contributed by atoms with Crippen LogP contribution >= 0.6 is 0 Å². The van der Waals surface area contributed by atoms with Crippen LogP contribution in [0.15, 0.2) is 67.1 Å². The van der Waals surface area contributed by atoms with Crippen LogP contribution in [0.3, 0.4) is 0 Å². The third kappa shape index (κ3) is 4.44. The first kappa shape index (κ1) is 23.2. The molecule has 0 saturated carbocycles. The number of benzene rings is 1. The van der Waals surface area contributed by atoms with Gasteiger partial charge in [0.25, 0.3) is 0 Å². The van der Waals surface area contributed by atoms with Gasteiger partial charge in [-0.05, 0) is 49.4 Å². The predicted octanol–water partition coefficient (Wildman–Crippen LogP) is 5.50. The zero-order valence-corrected chi connectivity index (χ0v) is 21.5. The molecule has 1 fully saturated rings. The fraction of sp³-hybridized carbons (Fsp3) is 0.276. The molecule has 8 heteroatoms. The highest BCUT2D eigenvalue weighted by atomic mass is 15.2. The van der Waals surface area contributed by atoms with Gasteiger partial charge in [0.1, 0.15) is 11.2 Å². The summed E-state index contributed by atoms with van der Waals surface area (Å²) in [5.41, 5.74) is 9.49. The number of piperazine rings is 1. The topological polar surface area (TPSA) is 88.8 Å². The molecule has 0 amide bonds. The maximum Gasteiger partial charge on any atom is 0.135 e. The van der Waals surface area contributed by atoms with Gasteiger partial charge in [0.2, 0.25) is 0 Å². The first-order chi connectivity index (χ1) is 18.0. The molecule has 37 heavy (non-hydrogen) atoms. The molecule has 5 heterocycles. The van der Waals surface area contributed by atoms with E-state index < -0.39 is 0 Å². The molecule has 0 atom stereocenters. The summed E-state index contributed by atoms with van der Waals surface area (Å²) in [5, 5.41) is 12.4. The van der Waals surface area contributed by atoms with Gasteiger partial charge in [-0.3, -0.25) is 10.1 Å². The van der Waals surface area contributed by atoms with E-state index >= 15 is 0 Å². The lowest BCUT2D eigenvalue weighted by Crippen LogP contribution is -2.44. The number of allylic oxidation sites excluding steroid dienone is 1. The third-order valence-corrected chi connectivity index (χ3v) is 7.18. The number of H-pyrrole nitrogens is 2. The van der Waals surface area contributed by atoms with E-state index in [1.165, 1.54) is 11.1 Å². The first-order valence-electron chi connectivity index (χ1n) is 12.8. The van der Waals surface area contributed by atoms with Gasteiger partial charge in [0.15, 0.2) is 0 Å². The number of anilines is 2. The molecule has 3 N–H and O–H groups in total. The summed E-state index contributed by atoms with van der Waals surface area (Å²) in [5.74, 6) is 0.333. The minimum atomic E-state index is 0.333. The number of fused-ring (bicyclic) bond motifs is 2. The molecule has 1 aliphatic heterocycles. The van der Waals surface area contributed by atoms with Crippen LogP contribution in [0.25, 0.3) is 44.6 Å². The molecule has 4 aromatic heterocycles. The molecule has 1 saturated heterocycles. The van der Waals surface area contributed by atoms with Crippen molar-refractivity contribution in [2.45, 2.75) is 13.8 Å². The van der Waals surface area contributed by atoms with Gasteiger partial charge in [-0.25, -0.2) is 4.98 Å². The van der Waals surface area contributed by atoms with Crippen molar-refractivity contribution in [3.63, 3.8) is 0 Å². The summed E-state index contributed by atoms with van der Waals surface area (Å²) in [6.07, 6.45) is 3.64. The van der Waals surface area contributed by atoms with Crippen LogP contribution in [0.4, 0.5) is 11.4 Å². The van der Waals surface area contributed by atoms with Gasteiger partial charge in [0.05, 0.1) is 28.8 Å². The molecule has 5 aromatic rings. The quantitative estimate of drug-likeness (QED) is 0.290. The fourth-order valence-electron chi connectivity index (χ4n) is 4.82. The number of nitrogens with one attached hydrogen (secondary N) is 3. The van der Waals surface area contributed by atoms with Crippen molar-refractivity contribution in [1.82, 2.24) is 30.0 Å². The first-order valence-corrected chi connectivity index (χ1v) is 12.8. The maximum absolute atomic E-state index is 5.01. The summed E-state index contributed by atoms with van der Waals surface area (Å²) in [6, 6.07) is 14.7. The number of likely N-dealkylation sites (N-methyl/N-ethyl adjacent to an activating group) is 1. The number of hydrogen-bond acceptors (Lipinski definition) is 6.